The fourth-order valence-electron chi connectivity index (χ4n) is 5.94. The zero-order valence-corrected chi connectivity index (χ0v) is 27.2. The van der Waals surface area contributed by atoms with Gasteiger partial charge >= 0.3 is 5.97 Å². The smallest absolute Gasteiger partial charge is 0.338 e. The molecule has 0 radical (unpaired) electrons. The topological polar surface area (TPSA) is 288 Å². The molecule has 0 spiro atoms. The van der Waals surface area contributed by atoms with Crippen LogP contribution in [0.1, 0.15) is 44.8 Å². The highest BCUT2D eigenvalue weighted by molar-refractivity contribution is 5.91. The van der Waals surface area contributed by atoms with E-state index in [9.17, 15) is 66.1 Å². The third-order valence-corrected chi connectivity index (χ3v) is 8.57. The number of hydrogen-bond donors (Lipinski definition) is 12. The van der Waals surface area contributed by atoms with Gasteiger partial charge in [0.15, 0.2) is 46.4 Å². The Bertz CT molecular complexity index is 2190. The van der Waals surface area contributed by atoms with Crippen molar-refractivity contribution >= 4 is 5.97 Å². The van der Waals surface area contributed by atoms with E-state index in [2.05, 4.69) is 0 Å². The molecule has 0 saturated heterocycles. The van der Waals surface area contributed by atoms with E-state index in [1.54, 1.807) is 0 Å². The van der Waals surface area contributed by atoms with Crippen molar-refractivity contribution in [2.75, 3.05) is 0 Å². The molecule has 5 aromatic carbocycles. The van der Waals surface area contributed by atoms with E-state index in [1.807, 2.05) is 0 Å². The molecule has 7 rings (SSSR count). The molecule has 276 valence electrons. The zero-order chi connectivity index (χ0) is 38.3. The van der Waals surface area contributed by atoms with Gasteiger partial charge in [-0.1, -0.05) is 12.1 Å². The predicted molar refractivity (Wildman–Crippen MR) is 180 cm³/mol. The van der Waals surface area contributed by atoms with E-state index in [0.29, 0.717) is 16.7 Å². The Morgan fingerprint density at radius 1 is 0.528 bits per heavy atom. The molecule has 16 heteroatoms. The van der Waals surface area contributed by atoms with Gasteiger partial charge in [0.1, 0.15) is 46.7 Å². The summed E-state index contributed by atoms with van der Waals surface area (Å²) in [5.41, 5.74) is 1.22. The molecule has 5 aromatic rings. The van der Waals surface area contributed by atoms with Crippen LogP contribution in [0.4, 0.5) is 0 Å². The molecule has 4 atom stereocenters. The van der Waals surface area contributed by atoms with E-state index in [1.165, 1.54) is 54.6 Å². The monoisotopic (exact) mass is 732 g/mol. The highest BCUT2D eigenvalue weighted by Gasteiger charge is 2.37. The van der Waals surface area contributed by atoms with Gasteiger partial charge < -0.3 is 75.5 Å². The Kier molecular flexibility index (Phi) is 9.39. The maximum absolute atomic E-state index is 12.7. The van der Waals surface area contributed by atoms with Crippen LogP contribution < -0.4 is 9.47 Å². The lowest BCUT2D eigenvalue weighted by Crippen LogP contribution is -2.34. The number of benzene rings is 5. The molecular formula is C37H32O16. The van der Waals surface area contributed by atoms with E-state index < -0.39 is 53.4 Å². The summed E-state index contributed by atoms with van der Waals surface area (Å²) >= 11 is 0. The maximum Gasteiger partial charge on any atom is 0.338 e. The lowest BCUT2D eigenvalue weighted by atomic mass is 9.93. The second kappa shape index (κ2) is 13.9. The van der Waals surface area contributed by atoms with Crippen molar-refractivity contribution in [3.05, 3.63) is 101 Å². The van der Waals surface area contributed by atoms with Gasteiger partial charge in [-0.05, 0) is 42.0 Å². The predicted octanol–water partition coefficient (Wildman–Crippen LogP) is 4.07. The molecule has 0 saturated carbocycles. The molecule has 2 aliphatic heterocycles. The molecule has 2 heterocycles. The van der Waals surface area contributed by atoms with Crippen LogP contribution in [0, 0.1) is 0 Å². The van der Waals surface area contributed by atoms with Gasteiger partial charge in [0.25, 0.3) is 0 Å². The molecule has 0 amide bonds. The first-order valence-corrected chi connectivity index (χ1v) is 15.7. The molecule has 0 aromatic heterocycles. The largest absolute Gasteiger partial charge is 0.508 e. The molecule has 2 aliphatic rings. The summed E-state index contributed by atoms with van der Waals surface area (Å²) in [4.78, 5) is 12.7. The van der Waals surface area contributed by atoms with Crippen LogP contribution >= 0.6 is 0 Å². The van der Waals surface area contributed by atoms with Crippen LogP contribution in [0.3, 0.4) is 0 Å². The highest BCUT2D eigenvalue weighted by Crippen LogP contribution is 2.45. The average Bonchev–Trinajstić information content (AvgIpc) is 3.10. The summed E-state index contributed by atoms with van der Waals surface area (Å²) in [5.74, 6) is -5.02. The highest BCUT2D eigenvalue weighted by atomic mass is 16.6. The van der Waals surface area contributed by atoms with Crippen LogP contribution in [-0.2, 0) is 17.6 Å². The number of aliphatic hydroxyl groups excluding tert-OH is 1. The van der Waals surface area contributed by atoms with Crippen molar-refractivity contribution in [3.8, 4) is 74.7 Å². The molecule has 53 heavy (non-hydrogen) atoms. The van der Waals surface area contributed by atoms with Crippen LogP contribution in [0.15, 0.2) is 72.8 Å². The molecule has 2 unspecified atom stereocenters. The molecule has 0 fully saturated rings. The summed E-state index contributed by atoms with van der Waals surface area (Å²) < 4.78 is 17.0. The summed E-state index contributed by atoms with van der Waals surface area (Å²) in [6, 6.07) is 14.7. The Balaban J connectivity index is 0.000000198. The van der Waals surface area contributed by atoms with Crippen LogP contribution in [-0.4, -0.2) is 79.5 Å². The lowest BCUT2D eigenvalue weighted by molar-refractivity contribution is -0.0189. The fraction of sp³-hybridized carbons (Fsp3) is 0.162. The number of esters is 1. The second-order valence-corrected chi connectivity index (χ2v) is 12.2. The summed E-state index contributed by atoms with van der Waals surface area (Å²) in [6.45, 7) is 0. The minimum absolute atomic E-state index is 0.0461. The van der Waals surface area contributed by atoms with Crippen molar-refractivity contribution < 1.29 is 80.3 Å². The number of fused-ring (bicyclic) bond motifs is 2. The maximum atomic E-state index is 12.7. The minimum atomic E-state index is -1.06. The summed E-state index contributed by atoms with van der Waals surface area (Å²) in [7, 11) is 0. The average molecular weight is 733 g/mol. The van der Waals surface area contributed by atoms with E-state index in [-0.39, 0.29) is 75.7 Å². The second-order valence-electron chi connectivity index (χ2n) is 12.2. The van der Waals surface area contributed by atoms with Gasteiger partial charge in [-0.15, -0.1) is 0 Å². The van der Waals surface area contributed by atoms with Gasteiger partial charge in [0, 0.05) is 53.8 Å². The van der Waals surface area contributed by atoms with Gasteiger partial charge in [-0.3, -0.25) is 0 Å². The minimum Gasteiger partial charge on any atom is -0.508 e. The third-order valence-electron chi connectivity index (χ3n) is 8.57. The van der Waals surface area contributed by atoms with Crippen LogP contribution in [0.25, 0.3) is 0 Å². The Labute approximate surface area is 298 Å². The zero-order valence-electron chi connectivity index (χ0n) is 27.2. The number of ether oxygens (including phenoxy) is 3. The Hall–Kier alpha value is -7.07. The molecule has 0 aliphatic carbocycles. The van der Waals surface area contributed by atoms with Crippen LogP contribution in [0.2, 0.25) is 0 Å². The number of aliphatic hydroxyl groups is 1. The molecule has 12 N–H and O–H groups in total. The Morgan fingerprint density at radius 3 is 1.51 bits per heavy atom. The number of hydrogen-bond acceptors (Lipinski definition) is 16. The first-order chi connectivity index (χ1) is 25.1. The standard InChI is InChI=1S/C22H18O10.C15H14O6/c23-11-6-14(25)12-8-19(32-22(30)10-4-16(27)20(29)17(28)5-10)21(31-18(12)7-11)9-1-2-13(24)15(26)3-9;16-8-4-11(18)9-6-13(20)15(21-14(9)5-8)7-1-2-10(17)12(19)3-7/h1-7,19,21,23-29H,8H2;1-5,13,15-20H,6H2/t;13-,15-/m.1/s1. The molecule has 16 nitrogen and oxygen atoms in total. The summed E-state index contributed by atoms with van der Waals surface area (Å²) in [6.07, 6.45) is -3.68. The van der Waals surface area contributed by atoms with Crippen molar-refractivity contribution in [2.45, 2.75) is 37.3 Å². The first-order valence-electron chi connectivity index (χ1n) is 15.7. The molecular weight excluding hydrogens is 700 g/mol. The van der Waals surface area contributed by atoms with E-state index >= 15 is 0 Å². The Morgan fingerprint density at radius 2 is 1.00 bits per heavy atom. The molecule has 0 bridgehead atoms. The van der Waals surface area contributed by atoms with Gasteiger partial charge in [0.05, 0.1) is 11.7 Å². The number of rotatable bonds is 4. The van der Waals surface area contributed by atoms with Crippen molar-refractivity contribution in [1.29, 1.82) is 0 Å². The van der Waals surface area contributed by atoms with Crippen LogP contribution in [0.5, 0.6) is 74.7 Å². The third kappa shape index (κ3) is 7.24. The van der Waals surface area contributed by atoms with Gasteiger partial charge in [-0.25, -0.2) is 4.79 Å². The quantitative estimate of drug-likeness (QED) is 0.0916. The number of carbonyl (C=O) groups is 1. The van der Waals surface area contributed by atoms with Gasteiger partial charge in [-0.2, -0.15) is 0 Å². The normalized spacial score (nSPS) is 18.6. The lowest BCUT2D eigenvalue weighted by Gasteiger charge is -2.34. The summed E-state index contributed by atoms with van der Waals surface area (Å²) in [5, 5.41) is 117. The van der Waals surface area contributed by atoms with Crippen molar-refractivity contribution in [2.24, 2.45) is 0 Å². The van der Waals surface area contributed by atoms with E-state index in [4.69, 9.17) is 14.2 Å². The van der Waals surface area contributed by atoms with Crippen molar-refractivity contribution in [3.63, 3.8) is 0 Å². The number of phenols is 11. The van der Waals surface area contributed by atoms with Gasteiger partial charge in [0.2, 0.25) is 0 Å². The SMILES string of the molecule is O=C(OC1Cc2c(O)cc(O)cc2OC1c1ccc(O)c(O)c1)c1cc(O)c(O)c(O)c1.Oc1cc(O)c2c(c1)O[C@H](c1ccc(O)c(O)c1)[C@H](O)C2. The number of phenolic OH excluding ortho intramolecular Hbond substituents is 11. The number of aromatic hydroxyl groups is 11. The first kappa shape index (κ1) is 35.7. The number of carbonyl (C=O) groups excluding carboxylic acids is 1. The van der Waals surface area contributed by atoms with E-state index in [0.717, 1.165) is 18.2 Å². The fourth-order valence-corrected chi connectivity index (χ4v) is 5.94. The van der Waals surface area contributed by atoms with Crippen molar-refractivity contribution in [1.82, 2.24) is 0 Å².